The van der Waals surface area contributed by atoms with Gasteiger partial charge in [-0.15, -0.1) is 0 Å². The number of sulfone groups is 1. The monoisotopic (exact) mass is 377 g/mol. The number of benzene rings is 2. The van der Waals surface area contributed by atoms with Gasteiger partial charge in [-0.25, -0.2) is 12.8 Å². The van der Waals surface area contributed by atoms with Gasteiger partial charge in [0.1, 0.15) is 6.07 Å². The summed E-state index contributed by atoms with van der Waals surface area (Å²) in [6.07, 6.45) is -4.67. The highest BCUT2D eigenvalue weighted by Gasteiger charge is 2.48. The van der Waals surface area contributed by atoms with Gasteiger partial charge in [0.25, 0.3) is 0 Å². The van der Waals surface area contributed by atoms with Crippen LogP contribution in [0.15, 0.2) is 53.4 Å². The molecule has 126 valence electrons. The minimum absolute atomic E-state index is 0.200. The summed E-state index contributed by atoms with van der Waals surface area (Å²) in [5.41, 5.74) is -1.58. The van der Waals surface area contributed by atoms with E-state index >= 15 is 0 Å². The second kappa shape index (κ2) is 6.07. The maximum Gasteiger partial charge on any atom is 0.416 e. The van der Waals surface area contributed by atoms with Crippen LogP contribution in [0.2, 0.25) is 5.02 Å². The summed E-state index contributed by atoms with van der Waals surface area (Å²) >= 11 is 5.63. The van der Waals surface area contributed by atoms with Crippen LogP contribution in [-0.2, 0) is 21.0 Å². The Labute approximate surface area is 140 Å². The van der Waals surface area contributed by atoms with Crippen molar-refractivity contribution in [1.29, 1.82) is 5.26 Å². The molecule has 1 unspecified atom stereocenters. The first-order valence-corrected chi connectivity index (χ1v) is 8.16. The average molecular weight is 378 g/mol. The first-order valence-electron chi connectivity index (χ1n) is 6.30. The topological polar surface area (TPSA) is 57.9 Å². The molecule has 0 fully saturated rings. The fraction of sp³-hybridized carbons (Fsp3) is 0.133. The fourth-order valence-electron chi connectivity index (χ4n) is 1.93. The van der Waals surface area contributed by atoms with Gasteiger partial charge < -0.3 is 0 Å². The fourth-order valence-corrected chi connectivity index (χ4v) is 3.44. The molecule has 0 aliphatic heterocycles. The van der Waals surface area contributed by atoms with Crippen LogP contribution in [-0.4, -0.2) is 8.42 Å². The van der Waals surface area contributed by atoms with E-state index in [2.05, 4.69) is 0 Å². The van der Waals surface area contributed by atoms with Crippen LogP contribution in [0.3, 0.4) is 0 Å². The van der Waals surface area contributed by atoms with Gasteiger partial charge in [-0.05, 0) is 36.4 Å². The van der Waals surface area contributed by atoms with Crippen molar-refractivity contribution < 1.29 is 26.0 Å². The van der Waals surface area contributed by atoms with Gasteiger partial charge in [0.15, 0.2) is 0 Å². The van der Waals surface area contributed by atoms with E-state index in [1.165, 1.54) is 12.1 Å². The Morgan fingerprint density at radius 2 is 1.33 bits per heavy atom. The minimum atomic E-state index is -4.92. The van der Waals surface area contributed by atoms with Gasteiger partial charge in [0, 0.05) is 10.6 Å². The predicted octanol–water partition coefficient (Wildman–Crippen LogP) is 4.48. The average Bonchev–Trinajstić information content (AvgIpc) is 2.54. The van der Waals surface area contributed by atoms with Crippen LogP contribution in [0.4, 0.5) is 17.6 Å². The van der Waals surface area contributed by atoms with Crippen LogP contribution in [0, 0.1) is 11.3 Å². The molecule has 0 amide bonds. The molecule has 2 aromatic rings. The van der Waals surface area contributed by atoms with Gasteiger partial charge in [0.2, 0.25) is 9.84 Å². The molecule has 2 aromatic carbocycles. The van der Waals surface area contributed by atoms with E-state index in [0.29, 0.717) is 24.3 Å². The Kier molecular flexibility index (Phi) is 4.61. The Balaban J connectivity index is 2.55. The molecule has 3 nitrogen and oxygen atoms in total. The lowest BCUT2D eigenvalue weighted by atomic mass is 10.1. The number of rotatable bonds is 3. The molecular formula is C15H8ClF4NO2S. The van der Waals surface area contributed by atoms with Gasteiger partial charge in [-0.2, -0.15) is 18.4 Å². The van der Waals surface area contributed by atoms with Crippen LogP contribution >= 0.6 is 11.6 Å². The zero-order chi connectivity index (χ0) is 18.2. The number of hydrogen-bond acceptors (Lipinski definition) is 3. The number of halogens is 5. The van der Waals surface area contributed by atoms with Gasteiger partial charge in [-0.3, -0.25) is 0 Å². The molecule has 2 rings (SSSR count). The molecule has 1 atom stereocenters. The van der Waals surface area contributed by atoms with Gasteiger partial charge in [-0.1, -0.05) is 23.7 Å². The van der Waals surface area contributed by atoms with Crippen LogP contribution in [0.25, 0.3) is 0 Å². The Morgan fingerprint density at radius 3 is 1.75 bits per heavy atom. The molecule has 0 radical (unpaired) electrons. The first kappa shape index (κ1) is 18.2. The molecule has 0 N–H and O–H groups in total. The summed E-state index contributed by atoms with van der Waals surface area (Å²) in [5, 5.41) is 5.81. The molecule has 0 spiro atoms. The SMILES string of the molecule is N#CC(F)(c1ccc(Cl)cc1)S(=O)(=O)c1ccc(C(F)(F)F)cc1. The second-order valence-corrected chi connectivity index (χ2v) is 7.22. The van der Waals surface area contributed by atoms with Gasteiger partial charge >= 0.3 is 11.2 Å². The second-order valence-electron chi connectivity index (χ2n) is 4.74. The van der Waals surface area contributed by atoms with Crippen molar-refractivity contribution in [3.05, 3.63) is 64.7 Å². The largest absolute Gasteiger partial charge is 0.416 e. The minimum Gasteiger partial charge on any atom is -0.219 e. The molecule has 0 bridgehead atoms. The molecule has 24 heavy (non-hydrogen) atoms. The lowest BCUT2D eigenvalue weighted by molar-refractivity contribution is -0.137. The molecule has 0 aliphatic carbocycles. The molecule has 0 aromatic heterocycles. The summed E-state index contributed by atoms with van der Waals surface area (Å²) in [6, 6.07) is 7.75. The Morgan fingerprint density at radius 1 is 0.875 bits per heavy atom. The third-order valence-electron chi connectivity index (χ3n) is 3.22. The van der Waals surface area contributed by atoms with Gasteiger partial charge in [0.05, 0.1) is 10.5 Å². The Hall–Kier alpha value is -2.11. The summed E-state index contributed by atoms with van der Waals surface area (Å²) in [5.74, 6) is 0. The molecule has 0 heterocycles. The summed E-state index contributed by atoms with van der Waals surface area (Å²) in [6.45, 7) is 0. The maximum absolute atomic E-state index is 15.0. The Bertz CT molecular complexity index is 887. The van der Waals surface area contributed by atoms with Crippen molar-refractivity contribution in [2.75, 3.05) is 0 Å². The summed E-state index contributed by atoms with van der Waals surface area (Å²) in [7, 11) is -4.92. The van der Waals surface area contributed by atoms with E-state index in [4.69, 9.17) is 16.9 Å². The zero-order valence-corrected chi connectivity index (χ0v) is 13.3. The van der Waals surface area contributed by atoms with E-state index in [1.807, 2.05) is 0 Å². The summed E-state index contributed by atoms with van der Waals surface area (Å²) in [4.78, 5) is -0.741. The van der Waals surface area contributed by atoms with E-state index in [1.54, 1.807) is 0 Å². The van der Waals surface area contributed by atoms with Crippen molar-refractivity contribution in [1.82, 2.24) is 0 Å². The number of nitrogens with zero attached hydrogens (tertiary/aromatic N) is 1. The number of hydrogen-bond donors (Lipinski definition) is 0. The van der Waals surface area contributed by atoms with Crippen molar-refractivity contribution in [3.8, 4) is 6.07 Å². The molecule has 0 aliphatic rings. The highest BCUT2D eigenvalue weighted by molar-refractivity contribution is 7.92. The quantitative estimate of drug-likeness (QED) is 0.741. The molecule has 9 heteroatoms. The number of alkyl halides is 4. The first-order chi connectivity index (χ1) is 11.0. The highest BCUT2D eigenvalue weighted by Crippen LogP contribution is 2.38. The lowest BCUT2D eigenvalue weighted by Crippen LogP contribution is -2.29. The highest BCUT2D eigenvalue weighted by atomic mass is 35.5. The van der Waals surface area contributed by atoms with E-state index < -0.39 is 37.0 Å². The van der Waals surface area contributed by atoms with Crippen molar-refractivity contribution >= 4 is 21.4 Å². The molecule has 0 saturated carbocycles. The van der Waals surface area contributed by atoms with E-state index in [-0.39, 0.29) is 5.02 Å². The van der Waals surface area contributed by atoms with Crippen molar-refractivity contribution in [2.24, 2.45) is 0 Å². The smallest absolute Gasteiger partial charge is 0.219 e. The van der Waals surface area contributed by atoms with Crippen LogP contribution in [0.5, 0.6) is 0 Å². The van der Waals surface area contributed by atoms with Crippen LogP contribution in [0.1, 0.15) is 11.1 Å². The predicted molar refractivity (Wildman–Crippen MR) is 78.5 cm³/mol. The number of nitriles is 1. The van der Waals surface area contributed by atoms with Crippen molar-refractivity contribution in [2.45, 2.75) is 16.1 Å². The van der Waals surface area contributed by atoms with Crippen LogP contribution < -0.4 is 0 Å². The van der Waals surface area contributed by atoms with Crippen molar-refractivity contribution in [3.63, 3.8) is 0 Å². The normalized spacial score (nSPS) is 14.7. The van der Waals surface area contributed by atoms with E-state index in [0.717, 1.165) is 18.2 Å². The van der Waals surface area contributed by atoms with E-state index in [9.17, 15) is 26.0 Å². The lowest BCUT2D eigenvalue weighted by Gasteiger charge is -2.19. The molecule has 0 saturated heterocycles. The third kappa shape index (κ3) is 3.09. The standard InChI is InChI=1S/C15H8ClF4NO2S/c16-12-5-1-10(2-6-12)14(17,9-21)24(22,23)13-7-3-11(4-8-13)15(18,19)20/h1-8H. The summed E-state index contributed by atoms with van der Waals surface area (Å²) < 4.78 is 77.4. The third-order valence-corrected chi connectivity index (χ3v) is 5.43. The molecular weight excluding hydrogens is 370 g/mol. The zero-order valence-electron chi connectivity index (χ0n) is 11.7. The maximum atomic E-state index is 15.0.